The Bertz CT molecular complexity index is 582. The van der Waals surface area contributed by atoms with Crippen LogP contribution in [0.2, 0.25) is 0 Å². The van der Waals surface area contributed by atoms with Crippen LogP contribution in [-0.4, -0.2) is 10.9 Å². The fourth-order valence-corrected chi connectivity index (χ4v) is 1.72. The molecule has 0 aliphatic rings. The number of hydrogen-bond acceptors (Lipinski definition) is 3. The number of hydrogen-bond donors (Lipinski definition) is 1. The highest BCUT2D eigenvalue weighted by Crippen LogP contribution is 2.26. The van der Waals surface area contributed by atoms with Crippen LogP contribution in [0.4, 0.5) is 0 Å². The van der Waals surface area contributed by atoms with Crippen molar-refractivity contribution in [3.63, 3.8) is 0 Å². The molecule has 0 bridgehead atoms. The third-order valence-electron chi connectivity index (χ3n) is 2.39. The fraction of sp³-hybridized carbons (Fsp3) is 0.0769. The summed E-state index contributed by atoms with van der Waals surface area (Å²) in [4.78, 5) is 14.9. The molecular formula is C13H11BrN2O2. The molecule has 0 radical (unpaired) electrons. The SMILES string of the molecule is Cc1ccc(Br)cc1Oc1ccc(C(N)=O)cn1. The van der Waals surface area contributed by atoms with Gasteiger partial charge in [-0.25, -0.2) is 4.98 Å². The summed E-state index contributed by atoms with van der Waals surface area (Å²) in [5.74, 6) is 0.623. The Labute approximate surface area is 113 Å². The smallest absolute Gasteiger partial charge is 0.250 e. The van der Waals surface area contributed by atoms with Gasteiger partial charge in [-0.2, -0.15) is 0 Å². The van der Waals surface area contributed by atoms with Gasteiger partial charge in [0.25, 0.3) is 0 Å². The van der Waals surface area contributed by atoms with Crippen molar-refractivity contribution in [2.24, 2.45) is 5.73 Å². The summed E-state index contributed by atoms with van der Waals surface area (Å²) in [5.41, 5.74) is 6.49. The monoisotopic (exact) mass is 306 g/mol. The first-order valence-corrected chi connectivity index (χ1v) is 6.05. The molecule has 0 spiro atoms. The highest BCUT2D eigenvalue weighted by atomic mass is 79.9. The number of carbonyl (C=O) groups is 1. The fourth-order valence-electron chi connectivity index (χ4n) is 1.38. The summed E-state index contributed by atoms with van der Waals surface area (Å²) in [6.45, 7) is 1.94. The van der Waals surface area contributed by atoms with Gasteiger partial charge in [-0.05, 0) is 30.7 Å². The van der Waals surface area contributed by atoms with Crippen LogP contribution in [0.25, 0.3) is 0 Å². The molecule has 1 aromatic carbocycles. The maximum absolute atomic E-state index is 10.9. The van der Waals surface area contributed by atoms with Crippen molar-refractivity contribution in [3.05, 3.63) is 52.1 Å². The Morgan fingerprint density at radius 1 is 1.33 bits per heavy atom. The molecule has 0 aliphatic carbocycles. The maximum atomic E-state index is 10.9. The zero-order valence-electron chi connectivity index (χ0n) is 9.68. The van der Waals surface area contributed by atoms with E-state index in [0.29, 0.717) is 17.2 Å². The van der Waals surface area contributed by atoms with Crippen LogP contribution in [0.15, 0.2) is 41.0 Å². The first-order chi connectivity index (χ1) is 8.56. The first-order valence-electron chi connectivity index (χ1n) is 5.26. The van der Waals surface area contributed by atoms with Crippen molar-refractivity contribution in [1.29, 1.82) is 0 Å². The van der Waals surface area contributed by atoms with Crippen molar-refractivity contribution >= 4 is 21.8 Å². The average molecular weight is 307 g/mol. The molecule has 92 valence electrons. The number of pyridine rings is 1. The number of carbonyl (C=O) groups excluding carboxylic acids is 1. The van der Waals surface area contributed by atoms with E-state index in [1.165, 1.54) is 6.20 Å². The number of primary amides is 1. The van der Waals surface area contributed by atoms with Crippen molar-refractivity contribution in [2.45, 2.75) is 6.92 Å². The summed E-state index contributed by atoms with van der Waals surface area (Å²) >= 11 is 3.38. The van der Waals surface area contributed by atoms with Crippen LogP contribution in [0.5, 0.6) is 11.6 Å². The normalized spacial score (nSPS) is 10.1. The second kappa shape index (κ2) is 5.18. The van der Waals surface area contributed by atoms with Crippen molar-refractivity contribution in [1.82, 2.24) is 4.98 Å². The average Bonchev–Trinajstić information content (AvgIpc) is 2.34. The van der Waals surface area contributed by atoms with Crippen molar-refractivity contribution in [2.75, 3.05) is 0 Å². The third kappa shape index (κ3) is 2.87. The second-order valence-corrected chi connectivity index (χ2v) is 4.68. The second-order valence-electron chi connectivity index (χ2n) is 3.76. The molecule has 1 aromatic heterocycles. The summed E-state index contributed by atoms with van der Waals surface area (Å²) in [7, 11) is 0. The maximum Gasteiger partial charge on any atom is 0.250 e. The van der Waals surface area contributed by atoms with Gasteiger partial charge in [-0.1, -0.05) is 22.0 Å². The zero-order valence-corrected chi connectivity index (χ0v) is 11.3. The number of aromatic nitrogens is 1. The van der Waals surface area contributed by atoms with Gasteiger partial charge >= 0.3 is 0 Å². The van der Waals surface area contributed by atoms with Gasteiger partial charge < -0.3 is 10.5 Å². The number of benzene rings is 1. The standard InChI is InChI=1S/C13H11BrN2O2/c1-8-2-4-10(14)6-11(8)18-12-5-3-9(7-16-12)13(15)17/h2-7H,1H3,(H2,15,17). The minimum absolute atomic E-state index is 0.355. The molecule has 2 rings (SSSR count). The van der Waals surface area contributed by atoms with E-state index in [-0.39, 0.29) is 0 Å². The minimum Gasteiger partial charge on any atom is -0.439 e. The predicted molar refractivity (Wildman–Crippen MR) is 71.7 cm³/mol. The number of nitrogens with zero attached hydrogens (tertiary/aromatic N) is 1. The number of aryl methyl sites for hydroxylation is 1. The Balaban J connectivity index is 2.23. The molecule has 0 fully saturated rings. The Hall–Kier alpha value is -1.88. The van der Waals surface area contributed by atoms with Gasteiger partial charge in [0.15, 0.2) is 0 Å². The van der Waals surface area contributed by atoms with Gasteiger partial charge in [0, 0.05) is 16.7 Å². The van der Waals surface area contributed by atoms with Gasteiger partial charge in [-0.15, -0.1) is 0 Å². The van der Waals surface area contributed by atoms with E-state index < -0.39 is 5.91 Å². The Morgan fingerprint density at radius 3 is 2.72 bits per heavy atom. The van der Waals surface area contributed by atoms with E-state index in [9.17, 15) is 4.79 Å². The molecule has 0 atom stereocenters. The van der Waals surface area contributed by atoms with Crippen LogP contribution >= 0.6 is 15.9 Å². The van der Waals surface area contributed by atoms with Crippen LogP contribution in [-0.2, 0) is 0 Å². The van der Waals surface area contributed by atoms with Crippen LogP contribution in [0, 0.1) is 6.92 Å². The third-order valence-corrected chi connectivity index (χ3v) is 2.88. The van der Waals surface area contributed by atoms with E-state index in [1.54, 1.807) is 12.1 Å². The number of ether oxygens (including phenoxy) is 1. The molecule has 4 nitrogen and oxygen atoms in total. The molecular weight excluding hydrogens is 296 g/mol. The topological polar surface area (TPSA) is 65.2 Å². The lowest BCUT2D eigenvalue weighted by Crippen LogP contribution is -2.10. The summed E-state index contributed by atoms with van der Waals surface area (Å²) in [5, 5.41) is 0. The van der Waals surface area contributed by atoms with Gasteiger partial charge in [0.1, 0.15) is 5.75 Å². The van der Waals surface area contributed by atoms with Crippen LogP contribution in [0.1, 0.15) is 15.9 Å². The van der Waals surface area contributed by atoms with E-state index in [4.69, 9.17) is 10.5 Å². The first kappa shape index (κ1) is 12.6. The van der Waals surface area contributed by atoms with E-state index >= 15 is 0 Å². The van der Waals surface area contributed by atoms with Crippen molar-refractivity contribution < 1.29 is 9.53 Å². The van der Waals surface area contributed by atoms with Crippen LogP contribution in [0.3, 0.4) is 0 Å². The largest absolute Gasteiger partial charge is 0.439 e. The molecule has 2 N–H and O–H groups in total. The molecule has 0 saturated heterocycles. The highest BCUT2D eigenvalue weighted by molar-refractivity contribution is 9.10. The number of halogens is 1. The van der Waals surface area contributed by atoms with Gasteiger partial charge in [0.05, 0.1) is 5.56 Å². The summed E-state index contributed by atoms with van der Waals surface area (Å²) < 4.78 is 6.56. The number of amides is 1. The number of rotatable bonds is 3. The molecule has 0 aliphatic heterocycles. The zero-order chi connectivity index (χ0) is 13.1. The molecule has 2 aromatic rings. The van der Waals surface area contributed by atoms with E-state index in [2.05, 4.69) is 20.9 Å². The van der Waals surface area contributed by atoms with Crippen molar-refractivity contribution in [3.8, 4) is 11.6 Å². The molecule has 1 heterocycles. The number of nitrogens with two attached hydrogens (primary N) is 1. The van der Waals surface area contributed by atoms with Crippen LogP contribution < -0.4 is 10.5 Å². The molecule has 1 amide bonds. The summed E-state index contributed by atoms with van der Waals surface area (Å²) in [6.07, 6.45) is 1.39. The Morgan fingerprint density at radius 2 is 2.11 bits per heavy atom. The lowest BCUT2D eigenvalue weighted by molar-refractivity contribution is 0.1000. The predicted octanol–water partition coefficient (Wildman–Crippen LogP) is 3.04. The molecule has 0 saturated carbocycles. The van der Waals surface area contributed by atoms with Gasteiger partial charge in [-0.3, -0.25) is 4.79 Å². The molecule has 18 heavy (non-hydrogen) atoms. The highest BCUT2D eigenvalue weighted by Gasteiger charge is 2.05. The molecule has 5 heteroatoms. The lowest BCUT2D eigenvalue weighted by Gasteiger charge is -2.08. The van der Waals surface area contributed by atoms with E-state index in [0.717, 1.165) is 10.0 Å². The quantitative estimate of drug-likeness (QED) is 0.948. The summed E-state index contributed by atoms with van der Waals surface area (Å²) in [6, 6.07) is 8.93. The molecule has 0 unspecified atom stereocenters. The minimum atomic E-state index is -0.507. The van der Waals surface area contributed by atoms with Gasteiger partial charge in [0.2, 0.25) is 11.8 Å². The lowest BCUT2D eigenvalue weighted by atomic mass is 10.2. The Kier molecular flexibility index (Phi) is 3.62. The van der Waals surface area contributed by atoms with E-state index in [1.807, 2.05) is 25.1 Å².